The molecule has 1 aromatic carbocycles. The van der Waals surface area contributed by atoms with E-state index >= 15 is 0 Å². The normalized spacial score (nSPS) is 16.6. The Balaban J connectivity index is 1.66. The minimum atomic E-state index is -0.0268. The van der Waals surface area contributed by atoms with E-state index in [4.69, 9.17) is 4.74 Å². The van der Waals surface area contributed by atoms with Gasteiger partial charge in [-0.2, -0.15) is 0 Å². The van der Waals surface area contributed by atoms with Crippen molar-refractivity contribution in [3.63, 3.8) is 0 Å². The molecule has 1 fully saturated rings. The van der Waals surface area contributed by atoms with Crippen molar-refractivity contribution in [2.75, 3.05) is 32.8 Å². The van der Waals surface area contributed by atoms with Gasteiger partial charge in [-0.3, -0.25) is 9.69 Å². The summed E-state index contributed by atoms with van der Waals surface area (Å²) in [5.74, 6) is 0.442. The van der Waals surface area contributed by atoms with Gasteiger partial charge in [0.2, 0.25) is 0 Å². The number of rotatable bonds is 6. The molecule has 2 aromatic rings. The summed E-state index contributed by atoms with van der Waals surface area (Å²) >= 11 is 1.46. The largest absolute Gasteiger partial charge is 0.379 e. The minimum absolute atomic E-state index is 0.0268. The topological polar surface area (TPSA) is 54.5 Å². The van der Waals surface area contributed by atoms with Crippen molar-refractivity contribution in [1.29, 1.82) is 0 Å². The molecule has 2 heterocycles. The van der Waals surface area contributed by atoms with Crippen LogP contribution < -0.4 is 5.32 Å². The average Bonchev–Trinajstić information content (AvgIpc) is 3.05. The molecule has 140 valence electrons. The van der Waals surface area contributed by atoms with E-state index in [0.29, 0.717) is 23.4 Å². The lowest BCUT2D eigenvalue weighted by Gasteiger charge is -2.36. The zero-order chi connectivity index (χ0) is 18.5. The lowest BCUT2D eigenvalue weighted by molar-refractivity contribution is 0.00673. The Labute approximate surface area is 159 Å². The number of nitrogens with zero attached hydrogens (tertiary/aromatic N) is 2. The highest BCUT2D eigenvalue weighted by molar-refractivity contribution is 7.17. The second-order valence-electron chi connectivity index (χ2n) is 6.97. The number of morpholine rings is 1. The van der Waals surface area contributed by atoms with Crippen LogP contribution in [0, 0.1) is 12.8 Å². The summed E-state index contributed by atoms with van der Waals surface area (Å²) in [5, 5.41) is 4.02. The standard InChI is InChI=1S/C20H27N3O2S/c1-14(2)17(23-9-11-25-12-10-23)13-21-19(24)18-15(3)22-20(26-18)16-7-5-4-6-8-16/h4-8,14,17H,9-13H2,1-3H3,(H,21,24)/t17-/m1/s1. The smallest absolute Gasteiger partial charge is 0.263 e. The number of hydrogen-bond donors (Lipinski definition) is 1. The van der Waals surface area contributed by atoms with E-state index in [1.54, 1.807) is 0 Å². The Bertz CT molecular complexity index is 724. The van der Waals surface area contributed by atoms with Crippen LogP contribution in [0.1, 0.15) is 29.2 Å². The maximum absolute atomic E-state index is 12.7. The molecule has 0 unspecified atom stereocenters. The Hall–Kier alpha value is -1.76. The predicted octanol–water partition coefficient (Wildman–Crippen LogP) is 3.21. The van der Waals surface area contributed by atoms with Crippen molar-refractivity contribution in [3.8, 4) is 10.6 Å². The molecular formula is C20H27N3O2S. The highest BCUT2D eigenvalue weighted by atomic mass is 32.1. The average molecular weight is 374 g/mol. The number of aryl methyl sites for hydroxylation is 1. The third-order valence-corrected chi connectivity index (χ3v) is 5.98. The van der Waals surface area contributed by atoms with E-state index in [9.17, 15) is 4.79 Å². The summed E-state index contributed by atoms with van der Waals surface area (Å²) in [6, 6.07) is 10.3. The van der Waals surface area contributed by atoms with Crippen LogP contribution in [0.25, 0.3) is 10.6 Å². The Morgan fingerprint density at radius 3 is 2.62 bits per heavy atom. The number of carbonyl (C=O) groups is 1. The lowest BCUT2D eigenvalue weighted by Crippen LogP contribution is -2.51. The molecule has 0 aliphatic carbocycles. The third kappa shape index (κ3) is 4.50. The second-order valence-corrected chi connectivity index (χ2v) is 7.97. The fraction of sp³-hybridized carbons (Fsp3) is 0.500. The van der Waals surface area contributed by atoms with Crippen LogP contribution in [0.5, 0.6) is 0 Å². The zero-order valence-corrected chi connectivity index (χ0v) is 16.5. The Morgan fingerprint density at radius 2 is 1.96 bits per heavy atom. The molecule has 1 aliphatic rings. The molecule has 3 rings (SSSR count). The van der Waals surface area contributed by atoms with Crippen LogP contribution >= 0.6 is 11.3 Å². The van der Waals surface area contributed by atoms with Gasteiger partial charge in [-0.1, -0.05) is 44.2 Å². The molecule has 6 heteroatoms. The van der Waals surface area contributed by atoms with E-state index < -0.39 is 0 Å². The molecule has 1 amide bonds. The van der Waals surface area contributed by atoms with Gasteiger partial charge in [-0.05, 0) is 12.8 Å². The van der Waals surface area contributed by atoms with E-state index in [-0.39, 0.29) is 5.91 Å². The summed E-state index contributed by atoms with van der Waals surface area (Å²) in [7, 11) is 0. The van der Waals surface area contributed by atoms with Crippen molar-refractivity contribution in [1.82, 2.24) is 15.2 Å². The first kappa shape index (κ1) is 19.0. The number of nitrogens with one attached hydrogen (secondary N) is 1. The zero-order valence-electron chi connectivity index (χ0n) is 15.7. The van der Waals surface area contributed by atoms with Crippen molar-refractivity contribution in [2.45, 2.75) is 26.8 Å². The van der Waals surface area contributed by atoms with Gasteiger partial charge in [0.1, 0.15) is 9.88 Å². The highest BCUT2D eigenvalue weighted by Crippen LogP contribution is 2.27. The summed E-state index contributed by atoms with van der Waals surface area (Å²) in [4.78, 5) is 20.4. The van der Waals surface area contributed by atoms with Gasteiger partial charge in [-0.25, -0.2) is 4.98 Å². The number of aromatic nitrogens is 1. The van der Waals surface area contributed by atoms with Crippen LogP contribution in [0.3, 0.4) is 0 Å². The first-order valence-corrected chi connectivity index (χ1v) is 10.0. The van der Waals surface area contributed by atoms with Gasteiger partial charge in [0.05, 0.1) is 18.9 Å². The van der Waals surface area contributed by atoms with E-state index in [0.717, 1.165) is 42.6 Å². The number of carbonyl (C=O) groups excluding carboxylic acids is 1. The van der Waals surface area contributed by atoms with Gasteiger partial charge in [0.25, 0.3) is 5.91 Å². The Kier molecular flexibility index (Phi) is 6.40. The van der Waals surface area contributed by atoms with Crippen molar-refractivity contribution < 1.29 is 9.53 Å². The first-order chi connectivity index (χ1) is 12.6. The molecule has 0 radical (unpaired) electrons. The summed E-state index contributed by atoms with van der Waals surface area (Å²) < 4.78 is 5.45. The maximum Gasteiger partial charge on any atom is 0.263 e. The van der Waals surface area contributed by atoms with Gasteiger partial charge < -0.3 is 10.1 Å². The Morgan fingerprint density at radius 1 is 1.27 bits per heavy atom. The number of ether oxygens (including phenoxy) is 1. The predicted molar refractivity (Wildman–Crippen MR) is 106 cm³/mol. The first-order valence-electron chi connectivity index (χ1n) is 9.19. The fourth-order valence-electron chi connectivity index (χ4n) is 3.28. The highest BCUT2D eigenvalue weighted by Gasteiger charge is 2.25. The van der Waals surface area contributed by atoms with Crippen LogP contribution in [0.2, 0.25) is 0 Å². The third-order valence-electron chi connectivity index (χ3n) is 4.78. The van der Waals surface area contributed by atoms with Gasteiger partial charge in [0, 0.05) is 31.2 Å². The quantitative estimate of drug-likeness (QED) is 0.845. The number of hydrogen-bond acceptors (Lipinski definition) is 5. The molecule has 0 saturated carbocycles. The molecule has 1 aromatic heterocycles. The van der Waals surface area contributed by atoms with E-state index in [1.165, 1.54) is 11.3 Å². The number of thiazole rings is 1. The van der Waals surface area contributed by atoms with Crippen molar-refractivity contribution >= 4 is 17.2 Å². The molecule has 26 heavy (non-hydrogen) atoms. The van der Waals surface area contributed by atoms with Crippen molar-refractivity contribution in [2.24, 2.45) is 5.92 Å². The SMILES string of the molecule is Cc1nc(-c2ccccc2)sc1C(=O)NC[C@H](C(C)C)N1CCOCC1. The molecular weight excluding hydrogens is 346 g/mol. The molecule has 5 nitrogen and oxygen atoms in total. The maximum atomic E-state index is 12.7. The number of benzene rings is 1. The van der Waals surface area contributed by atoms with Crippen LogP contribution in [0.4, 0.5) is 0 Å². The number of amides is 1. The monoisotopic (exact) mass is 373 g/mol. The van der Waals surface area contributed by atoms with Gasteiger partial charge >= 0.3 is 0 Å². The van der Waals surface area contributed by atoms with Crippen LogP contribution in [0.15, 0.2) is 30.3 Å². The van der Waals surface area contributed by atoms with Crippen LogP contribution in [-0.2, 0) is 4.74 Å². The van der Waals surface area contributed by atoms with Gasteiger partial charge in [-0.15, -0.1) is 11.3 Å². The van der Waals surface area contributed by atoms with E-state index in [2.05, 4.69) is 29.0 Å². The molecule has 0 bridgehead atoms. The molecule has 1 N–H and O–H groups in total. The van der Waals surface area contributed by atoms with Crippen LogP contribution in [-0.4, -0.2) is 54.7 Å². The lowest BCUT2D eigenvalue weighted by atomic mass is 10.0. The molecule has 1 atom stereocenters. The minimum Gasteiger partial charge on any atom is -0.379 e. The fourth-order valence-corrected chi connectivity index (χ4v) is 4.27. The van der Waals surface area contributed by atoms with Crippen molar-refractivity contribution in [3.05, 3.63) is 40.9 Å². The summed E-state index contributed by atoms with van der Waals surface area (Å²) in [6.07, 6.45) is 0. The second kappa shape index (κ2) is 8.75. The summed E-state index contributed by atoms with van der Waals surface area (Å²) in [6.45, 7) is 10.4. The molecule has 0 spiro atoms. The van der Waals surface area contributed by atoms with E-state index in [1.807, 2.05) is 37.3 Å². The van der Waals surface area contributed by atoms with Gasteiger partial charge in [0.15, 0.2) is 0 Å². The molecule has 1 aliphatic heterocycles. The molecule has 1 saturated heterocycles. The summed E-state index contributed by atoms with van der Waals surface area (Å²) in [5.41, 5.74) is 1.84.